The van der Waals surface area contributed by atoms with Gasteiger partial charge in [-0.15, -0.1) is 21.5 Å². The minimum atomic E-state index is -3.67. The molecule has 2 heterocycles. The number of nitrogens with zero attached hydrogens (tertiary/aromatic N) is 3. The Labute approximate surface area is 155 Å². The van der Waals surface area contributed by atoms with E-state index >= 15 is 0 Å². The molecule has 0 atom stereocenters. The van der Waals surface area contributed by atoms with Crippen molar-refractivity contribution >= 4 is 38.7 Å². The number of hydrogen-bond acceptors (Lipinski definition) is 7. The van der Waals surface area contributed by atoms with E-state index in [0.29, 0.717) is 17.1 Å². The fourth-order valence-electron chi connectivity index (χ4n) is 2.15. The average Bonchev–Trinajstić information content (AvgIpc) is 3.14. The number of anilines is 3. The first-order chi connectivity index (χ1) is 12.5. The molecule has 0 aliphatic carbocycles. The molecule has 26 heavy (non-hydrogen) atoms. The van der Waals surface area contributed by atoms with Gasteiger partial charge in [0, 0.05) is 10.6 Å². The highest BCUT2D eigenvalue weighted by Gasteiger charge is 2.17. The second-order valence-corrected chi connectivity index (χ2v) is 8.38. The van der Waals surface area contributed by atoms with Crippen LogP contribution in [-0.4, -0.2) is 18.6 Å². The maximum atomic E-state index is 12.4. The van der Waals surface area contributed by atoms with Crippen LogP contribution in [0, 0.1) is 11.3 Å². The lowest BCUT2D eigenvalue weighted by Crippen LogP contribution is -2.13. The van der Waals surface area contributed by atoms with Gasteiger partial charge in [-0.05, 0) is 48.9 Å². The van der Waals surface area contributed by atoms with Crippen molar-refractivity contribution < 1.29 is 8.42 Å². The minimum Gasteiger partial charge on any atom is -0.339 e. The second-order valence-electron chi connectivity index (χ2n) is 5.30. The third kappa shape index (κ3) is 4.17. The summed E-state index contributed by atoms with van der Waals surface area (Å²) in [4.78, 5) is 0.996. The summed E-state index contributed by atoms with van der Waals surface area (Å²) in [5.74, 6) is 0.570. The lowest BCUT2D eigenvalue weighted by Gasteiger charge is -2.07. The van der Waals surface area contributed by atoms with Gasteiger partial charge in [-0.2, -0.15) is 5.26 Å². The van der Waals surface area contributed by atoms with Crippen molar-refractivity contribution in [3.05, 3.63) is 59.0 Å². The van der Waals surface area contributed by atoms with E-state index in [1.54, 1.807) is 42.5 Å². The van der Waals surface area contributed by atoms with Crippen LogP contribution in [0.25, 0.3) is 0 Å². The van der Waals surface area contributed by atoms with Gasteiger partial charge in [0.25, 0.3) is 10.0 Å². The van der Waals surface area contributed by atoms with Crippen LogP contribution in [0.15, 0.2) is 52.7 Å². The highest BCUT2D eigenvalue weighted by atomic mass is 32.2. The number of hydrogen-bond donors (Lipinski definition) is 2. The summed E-state index contributed by atoms with van der Waals surface area (Å²) in [5, 5.41) is 19.8. The molecule has 0 aliphatic heterocycles. The fraction of sp³-hybridized carbons (Fsp3) is 0.118. The lowest BCUT2D eigenvalue weighted by molar-refractivity contribution is 0.603. The van der Waals surface area contributed by atoms with Crippen molar-refractivity contribution in [3.63, 3.8) is 0 Å². The Morgan fingerprint density at radius 2 is 1.88 bits per heavy atom. The number of thiophene rings is 1. The molecule has 0 spiro atoms. The summed E-state index contributed by atoms with van der Waals surface area (Å²) in [6.45, 7) is 1.97. The SMILES string of the molecule is CCc1ccc(S(=O)(=O)Nc2ccc(Nc3cccc(C#N)c3)nn2)s1. The summed E-state index contributed by atoms with van der Waals surface area (Å²) >= 11 is 1.23. The van der Waals surface area contributed by atoms with Gasteiger partial charge in [0.2, 0.25) is 0 Å². The predicted octanol–water partition coefficient (Wildman–Crippen LogP) is 3.52. The standard InChI is InChI=1S/C17H15N5O2S2/c1-2-14-6-9-17(25-14)26(23,24)22-16-8-7-15(20-21-16)19-13-5-3-4-12(10-13)11-18/h3-10H,2H2,1H3,(H,19,20)(H,21,22). The average molecular weight is 385 g/mol. The number of sulfonamides is 1. The molecule has 0 bridgehead atoms. The molecular weight excluding hydrogens is 370 g/mol. The molecule has 7 nitrogen and oxygen atoms in total. The number of rotatable bonds is 6. The fourth-order valence-corrected chi connectivity index (χ4v) is 4.44. The Morgan fingerprint density at radius 3 is 2.54 bits per heavy atom. The monoisotopic (exact) mass is 385 g/mol. The highest BCUT2D eigenvalue weighted by molar-refractivity contribution is 7.94. The van der Waals surface area contributed by atoms with Gasteiger partial charge in [-0.1, -0.05) is 13.0 Å². The van der Waals surface area contributed by atoms with Gasteiger partial charge < -0.3 is 5.32 Å². The summed E-state index contributed by atoms with van der Waals surface area (Å²) in [6.07, 6.45) is 0.785. The molecule has 0 amide bonds. The largest absolute Gasteiger partial charge is 0.339 e. The highest BCUT2D eigenvalue weighted by Crippen LogP contribution is 2.24. The van der Waals surface area contributed by atoms with Crippen molar-refractivity contribution in [3.8, 4) is 6.07 Å². The molecular formula is C17H15N5O2S2. The van der Waals surface area contributed by atoms with Crippen LogP contribution in [0.1, 0.15) is 17.4 Å². The number of aromatic nitrogens is 2. The number of aryl methyl sites for hydroxylation is 1. The van der Waals surface area contributed by atoms with Crippen molar-refractivity contribution in [1.29, 1.82) is 5.26 Å². The Bertz CT molecular complexity index is 1050. The van der Waals surface area contributed by atoms with E-state index in [-0.39, 0.29) is 10.0 Å². The Morgan fingerprint density at radius 1 is 1.12 bits per heavy atom. The van der Waals surface area contributed by atoms with E-state index in [4.69, 9.17) is 5.26 Å². The smallest absolute Gasteiger partial charge is 0.272 e. The van der Waals surface area contributed by atoms with Crippen molar-refractivity contribution in [2.45, 2.75) is 17.6 Å². The Kier molecular flexibility index (Phi) is 5.16. The van der Waals surface area contributed by atoms with E-state index in [9.17, 15) is 8.42 Å². The number of nitrogens with one attached hydrogen (secondary N) is 2. The van der Waals surface area contributed by atoms with E-state index < -0.39 is 10.0 Å². The van der Waals surface area contributed by atoms with Crippen LogP contribution in [0.4, 0.5) is 17.3 Å². The van der Waals surface area contributed by atoms with Gasteiger partial charge in [0.1, 0.15) is 4.21 Å². The van der Waals surface area contributed by atoms with E-state index in [2.05, 4.69) is 26.3 Å². The van der Waals surface area contributed by atoms with Crippen molar-refractivity contribution in [2.24, 2.45) is 0 Å². The molecule has 2 aromatic heterocycles. The van der Waals surface area contributed by atoms with Crippen LogP contribution >= 0.6 is 11.3 Å². The van der Waals surface area contributed by atoms with Gasteiger partial charge in [-0.25, -0.2) is 8.42 Å². The predicted molar refractivity (Wildman–Crippen MR) is 101 cm³/mol. The van der Waals surface area contributed by atoms with Crippen LogP contribution in [0.3, 0.4) is 0 Å². The molecule has 0 saturated carbocycles. The maximum Gasteiger partial charge on any atom is 0.272 e. The number of nitriles is 1. The van der Waals surface area contributed by atoms with E-state index in [1.165, 1.54) is 17.4 Å². The third-order valence-corrected chi connectivity index (χ3v) is 6.49. The molecule has 9 heteroatoms. The summed E-state index contributed by atoms with van der Waals surface area (Å²) < 4.78 is 27.4. The van der Waals surface area contributed by atoms with Crippen molar-refractivity contribution in [2.75, 3.05) is 10.0 Å². The molecule has 3 rings (SSSR count). The summed E-state index contributed by atoms with van der Waals surface area (Å²) in [7, 11) is -3.67. The minimum absolute atomic E-state index is 0.132. The van der Waals surface area contributed by atoms with Crippen molar-refractivity contribution in [1.82, 2.24) is 10.2 Å². The summed E-state index contributed by atoms with van der Waals surface area (Å²) in [6, 6.07) is 15.5. The molecule has 132 valence electrons. The molecule has 0 unspecified atom stereocenters. The van der Waals surface area contributed by atoms with Gasteiger partial charge in [-0.3, -0.25) is 4.72 Å². The van der Waals surface area contributed by atoms with E-state index in [1.807, 2.05) is 6.92 Å². The maximum absolute atomic E-state index is 12.4. The zero-order valence-corrected chi connectivity index (χ0v) is 15.4. The summed E-state index contributed by atoms with van der Waals surface area (Å²) in [5.41, 5.74) is 1.21. The van der Waals surface area contributed by atoms with Crippen LogP contribution < -0.4 is 10.0 Å². The quantitative estimate of drug-likeness (QED) is 0.672. The molecule has 3 aromatic rings. The first kappa shape index (κ1) is 17.8. The van der Waals surface area contributed by atoms with Crippen LogP contribution in [0.5, 0.6) is 0 Å². The first-order valence-corrected chi connectivity index (χ1v) is 10.0. The molecule has 0 fully saturated rings. The van der Waals surface area contributed by atoms with E-state index in [0.717, 1.165) is 11.3 Å². The van der Waals surface area contributed by atoms with Gasteiger partial charge in [0.15, 0.2) is 11.6 Å². The van der Waals surface area contributed by atoms with Crippen LogP contribution in [0.2, 0.25) is 0 Å². The zero-order valence-electron chi connectivity index (χ0n) is 13.8. The third-order valence-electron chi connectivity index (χ3n) is 3.42. The topological polar surface area (TPSA) is 108 Å². The number of benzene rings is 1. The molecule has 0 saturated heterocycles. The second kappa shape index (κ2) is 7.51. The van der Waals surface area contributed by atoms with Gasteiger partial charge in [0.05, 0.1) is 11.6 Å². The Hall–Kier alpha value is -2.96. The molecule has 1 aromatic carbocycles. The zero-order chi connectivity index (χ0) is 18.6. The first-order valence-electron chi connectivity index (χ1n) is 7.72. The molecule has 0 aliphatic rings. The normalized spacial score (nSPS) is 10.9. The molecule has 2 N–H and O–H groups in total. The molecule has 0 radical (unpaired) electrons. The lowest BCUT2D eigenvalue weighted by atomic mass is 10.2. The van der Waals surface area contributed by atoms with Gasteiger partial charge >= 0.3 is 0 Å². The Balaban J connectivity index is 1.72. The van der Waals surface area contributed by atoms with Crippen LogP contribution in [-0.2, 0) is 16.4 Å².